The largest absolute Gasteiger partial charge is 0.370 e. The lowest BCUT2D eigenvalue weighted by atomic mass is 10.0. The summed E-state index contributed by atoms with van der Waals surface area (Å²) in [7, 11) is -1.86. The molecule has 2 aliphatic heterocycles. The highest BCUT2D eigenvalue weighted by atomic mass is 35.5. The quantitative estimate of drug-likeness (QED) is 0.521. The summed E-state index contributed by atoms with van der Waals surface area (Å²) >= 11 is 6.04. The van der Waals surface area contributed by atoms with Crippen LogP contribution in [0.2, 0.25) is 5.02 Å². The Morgan fingerprint density at radius 1 is 1.00 bits per heavy atom. The minimum absolute atomic E-state index is 0.167. The summed E-state index contributed by atoms with van der Waals surface area (Å²) < 4.78 is 27.9. The van der Waals surface area contributed by atoms with E-state index < -0.39 is 10.0 Å². The summed E-state index contributed by atoms with van der Waals surface area (Å²) in [4.78, 5) is 19.7. The Hall–Kier alpha value is -2.72. The Bertz CT molecular complexity index is 1330. The second kappa shape index (κ2) is 9.73. The lowest BCUT2D eigenvalue weighted by molar-refractivity contribution is -0.156. The Kier molecular flexibility index (Phi) is 6.67. The number of carbonyl (C=O) groups is 1. The van der Waals surface area contributed by atoms with Gasteiger partial charge in [-0.3, -0.25) is 14.8 Å². The zero-order chi connectivity index (χ0) is 24.6. The molecule has 3 heterocycles. The molecule has 0 unspecified atom stereocenters. The average Bonchev–Trinajstić information content (AvgIpc) is 2.88. The van der Waals surface area contributed by atoms with Crippen LogP contribution in [-0.2, 0) is 14.8 Å². The van der Waals surface area contributed by atoms with Gasteiger partial charge < -0.3 is 4.90 Å². The summed E-state index contributed by atoms with van der Waals surface area (Å²) in [6.45, 7) is 2.19. The monoisotopic (exact) mass is 513 g/mol. The van der Waals surface area contributed by atoms with Gasteiger partial charge in [0.25, 0.3) is 5.91 Å². The summed E-state index contributed by atoms with van der Waals surface area (Å²) in [6, 6.07) is 14.5. The van der Waals surface area contributed by atoms with Crippen LogP contribution in [0.1, 0.15) is 12.8 Å². The summed E-state index contributed by atoms with van der Waals surface area (Å²) in [5.74, 6) is -0.204. The van der Waals surface area contributed by atoms with Crippen LogP contribution in [0, 0.1) is 0 Å². The van der Waals surface area contributed by atoms with Gasteiger partial charge in [0, 0.05) is 43.9 Å². The van der Waals surface area contributed by atoms with E-state index in [0.717, 1.165) is 42.4 Å². The lowest BCUT2D eigenvalue weighted by Crippen LogP contribution is -2.60. The topological polar surface area (TPSA) is 77.1 Å². The number of halogens is 1. The number of rotatable bonds is 5. The van der Waals surface area contributed by atoms with Crippen LogP contribution >= 0.6 is 11.6 Å². The van der Waals surface area contributed by atoms with Crippen molar-refractivity contribution in [1.82, 2.24) is 19.3 Å². The molecule has 8 nitrogen and oxygen atoms in total. The number of aromatic nitrogens is 1. The Balaban J connectivity index is 1.23. The van der Waals surface area contributed by atoms with Gasteiger partial charge in [0.15, 0.2) is 0 Å². The minimum atomic E-state index is -3.79. The van der Waals surface area contributed by atoms with E-state index in [9.17, 15) is 13.2 Å². The molecule has 2 fully saturated rings. The Morgan fingerprint density at radius 3 is 2.46 bits per heavy atom. The molecule has 2 aromatic carbocycles. The number of hydrogen-bond donors (Lipinski definition) is 0. The van der Waals surface area contributed by atoms with Crippen molar-refractivity contribution in [3.63, 3.8) is 0 Å². The van der Waals surface area contributed by atoms with Crippen LogP contribution in [-0.4, -0.2) is 79.4 Å². The number of nitrogens with zero attached hydrogens (tertiary/aromatic N) is 5. The molecular formula is C25H28ClN5O3S. The molecule has 1 aromatic heterocycles. The molecular weight excluding hydrogens is 486 g/mol. The van der Waals surface area contributed by atoms with Crippen molar-refractivity contribution in [3.8, 4) is 0 Å². The standard InChI is InChI=1S/C25H28ClN5O3S/c1-28(22-8-11-29(12-9-22)23-3-2-10-27-17-23)31-14-13-30(18-25(31)32)35(33,34)24-7-5-19-15-21(26)6-4-20(19)16-24/h2-7,10,15-17,22H,8-9,11-14,18H2,1H3. The molecule has 35 heavy (non-hydrogen) atoms. The van der Waals surface area contributed by atoms with Crippen molar-refractivity contribution >= 4 is 44.0 Å². The molecule has 10 heteroatoms. The number of fused-ring (bicyclic) bond motifs is 1. The number of anilines is 1. The highest BCUT2D eigenvalue weighted by Gasteiger charge is 2.36. The van der Waals surface area contributed by atoms with Gasteiger partial charge >= 0.3 is 0 Å². The molecule has 0 radical (unpaired) electrons. The van der Waals surface area contributed by atoms with Crippen molar-refractivity contribution in [2.75, 3.05) is 44.7 Å². The van der Waals surface area contributed by atoms with Crippen LogP contribution in [0.3, 0.4) is 0 Å². The predicted molar refractivity (Wildman–Crippen MR) is 137 cm³/mol. The van der Waals surface area contributed by atoms with Crippen molar-refractivity contribution in [2.45, 2.75) is 23.8 Å². The fourth-order valence-corrected chi connectivity index (χ4v) is 6.52. The fraction of sp³-hybridized carbons (Fsp3) is 0.360. The second-order valence-corrected chi connectivity index (χ2v) is 11.4. The molecule has 2 saturated heterocycles. The Labute approximate surface area is 210 Å². The number of piperazine rings is 1. The van der Waals surface area contributed by atoms with E-state index in [1.807, 2.05) is 24.3 Å². The summed E-state index contributed by atoms with van der Waals surface area (Å²) in [5.41, 5.74) is 1.11. The van der Waals surface area contributed by atoms with E-state index in [2.05, 4.69) is 16.0 Å². The first kappa shape index (κ1) is 24.0. The van der Waals surface area contributed by atoms with Crippen LogP contribution < -0.4 is 4.90 Å². The number of sulfonamides is 1. The van der Waals surface area contributed by atoms with E-state index in [0.29, 0.717) is 11.6 Å². The van der Waals surface area contributed by atoms with Gasteiger partial charge in [-0.2, -0.15) is 4.31 Å². The second-order valence-electron chi connectivity index (χ2n) is 9.01. The normalized spacial score (nSPS) is 18.5. The van der Waals surface area contributed by atoms with Gasteiger partial charge in [0.05, 0.1) is 29.9 Å². The summed E-state index contributed by atoms with van der Waals surface area (Å²) in [5, 5.41) is 5.97. The molecule has 5 rings (SSSR count). The van der Waals surface area contributed by atoms with Gasteiger partial charge in [0.2, 0.25) is 10.0 Å². The van der Waals surface area contributed by atoms with Crippen LogP contribution in [0.4, 0.5) is 5.69 Å². The van der Waals surface area contributed by atoms with E-state index in [4.69, 9.17) is 11.6 Å². The first-order valence-electron chi connectivity index (χ1n) is 11.7. The van der Waals surface area contributed by atoms with Gasteiger partial charge in [0.1, 0.15) is 0 Å². The first-order chi connectivity index (χ1) is 16.8. The maximum atomic E-state index is 13.3. The zero-order valence-electron chi connectivity index (χ0n) is 19.5. The van der Waals surface area contributed by atoms with Crippen molar-refractivity contribution in [1.29, 1.82) is 0 Å². The molecule has 0 atom stereocenters. The molecule has 0 spiro atoms. The smallest absolute Gasteiger partial charge is 0.252 e. The maximum Gasteiger partial charge on any atom is 0.252 e. The molecule has 0 bridgehead atoms. The maximum absolute atomic E-state index is 13.3. The van der Waals surface area contributed by atoms with Crippen molar-refractivity contribution in [2.24, 2.45) is 0 Å². The predicted octanol–water partition coefficient (Wildman–Crippen LogP) is 3.24. The van der Waals surface area contributed by atoms with Crippen LogP contribution in [0.15, 0.2) is 65.8 Å². The molecule has 0 saturated carbocycles. The van der Waals surface area contributed by atoms with E-state index in [1.165, 1.54) is 4.31 Å². The minimum Gasteiger partial charge on any atom is -0.370 e. The fourth-order valence-electron chi connectivity index (χ4n) is 4.92. The number of hydrazine groups is 1. The SMILES string of the molecule is CN(C1CCN(c2cccnc2)CC1)N1CCN(S(=O)(=O)c2ccc3cc(Cl)ccc3c2)CC1=O. The number of hydrogen-bond acceptors (Lipinski definition) is 6. The third-order valence-electron chi connectivity index (χ3n) is 6.96. The molecule has 1 amide bonds. The molecule has 184 valence electrons. The van der Waals surface area contributed by atoms with Gasteiger partial charge in [-0.15, -0.1) is 0 Å². The molecule has 0 N–H and O–H groups in total. The third-order valence-corrected chi connectivity index (χ3v) is 9.03. The molecule has 0 aliphatic carbocycles. The highest BCUT2D eigenvalue weighted by molar-refractivity contribution is 7.89. The third kappa shape index (κ3) is 4.86. The number of amides is 1. The van der Waals surface area contributed by atoms with Gasteiger partial charge in [-0.25, -0.2) is 13.4 Å². The highest BCUT2D eigenvalue weighted by Crippen LogP contribution is 2.27. The van der Waals surface area contributed by atoms with E-state index in [1.54, 1.807) is 47.6 Å². The van der Waals surface area contributed by atoms with Crippen molar-refractivity contribution in [3.05, 3.63) is 65.9 Å². The number of carbonyl (C=O) groups excluding carboxylic acids is 1. The Morgan fingerprint density at radius 2 is 1.74 bits per heavy atom. The van der Waals surface area contributed by atoms with Gasteiger partial charge in [-0.1, -0.05) is 23.7 Å². The number of piperidine rings is 1. The first-order valence-corrected chi connectivity index (χ1v) is 13.5. The number of pyridine rings is 1. The van der Waals surface area contributed by atoms with Crippen LogP contribution in [0.25, 0.3) is 10.8 Å². The summed E-state index contributed by atoms with van der Waals surface area (Å²) in [6.07, 6.45) is 5.47. The van der Waals surface area contributed by atoms with Gasteiger partial charge in [-0.05, 0) is 60.0 Å². The number of benzene rings is 2. The average molecular weight is 514 g/mol. The zero-order valence-corrected chi connectivity index (χ0v) is 21.1. The van der Waals surface area contributed by atoms with Crippen LogP contribution in [0.5, 0.6) is 0 Å². The van der Waals surface area contributed by atoms with E-state index in [-0.39, 0.29) is 29.9 Å². The van der Waals surface area contributed by atoms with Crippen molar-refractivity contribution < 1.29 is 13.2 Å². The molecule has 3 aromatic rings. The van der Waals surface area contributed by atoms with E-state index >= 15 is 0 Å². The lowest BCUT2D eigenvalue weighted by Gasteiger charge is -2.44. The molecule has 2 aliphatic rings.